The quantitative estimate of drug-likeness (QED) is 0.557. The minimum Gasteiger partial charge on any atom is -0.322 e. The van der Waals surface area contributed by atoms with E-state index in [-0.39, 0.29) is 10.8 Å². The van der Waals surface area contributed by atoms with Crippen molar-refractivity contribution in [2.24, 2.45) is 0 Å². The lowest BCUT2D eigenvalue weighted by atomic mass is 10.2. The predicted octanol–water partition coefficient (Wildman–Crippen LogP) is 4.31. The molecule has 0 fully saturated rings. The molecule has 1 amide bonds. The number of hydrogen-bond donors (Lipinski definition) is 2. The number of aromatic nitrogens is 1. The lowest BCUT2D eigenvalue weighted by Gasteiger charge is -2.10. The number of benzene rings is 2. The van der Waals surface area contributed by atoms with E-state index in [0.717, 1.165) is 10.6 Å². The van der Waals surface area contributed by atoms with Crippen molar-refractivity contribution in [1.82, 2.24) is 4.98 Å². The van der Waals surface area contributed by atoms with Crippen LogP contribution in [0.5, 0.6) is 0 Å². The molecule has 2 aromatic carbocycles. The van der Waals surface area contributed by atoms with Crippen LogP contribution in [-0.2, 0) is 10.0 Å². The second kappa shape index (κ2) is 8.55. The number of hydrogen-bond acceptors (Lipinski definition) is 6. The number of rotatable bonds is 7. The first-order chi connectivity index (χ1) is 13.0. The molecule has 0 aliphatic rings. The fraction of sp³-hybridized carbons (Fsp3) is 0.111. The number of thiazole rings is 1. The first-order valence-electron chi connectivity index (χ1n) is 8.05. The maximum Gasteiger partial charge on any atom is 0.263 e. The number of sulfonamides is 1. The van der Waals surface area contributed by atoms with Gasteiger partial charge in [-0.2, -0.15) is 0 Å². The fourth-order valence-electron chi connectivity index (χ4n) is 2.30. The van der Waals surface area contributed by atoms with Crippen molar-refractivity contribution in [3.05, 3.63) is 65.7 Å². The summed E-state index contributed by atoms with van der Waals surface area (Å²) < 4.78 is 27.1. The van der Waals surface area contributed by atoms with Crippen molar-refractivity contribution < 1.29 is 13.2 Å². The van der Waals surface area contributed by atoms with E-state index in [4.69, 9.17) is 0 Å². The van der Waals surface area contributed by atoms with E-state index in [1.807, 2.05) is 25.1 Å². The van der Waals surface area contributed by atoms with Crippen molar-refractivity contribution in [3.63, 3.8) is 0 Å². The number of nitrogens with zero attached hydrogens (tertiary/aromatic N) is 1. The van der Waals surface area contributed by atoms with Crippen LogP contribution in [0.25, 0.3) is 0 Å². The van der Waals surface area contributed by atoms with Crippen molar-refractivity contribution in [3.8, 4) is 0 Å². The largest absolute Gasteiger partial charge is 0.322 e. The summed E-state index contributed by atoms with van der Waals surface area (Å²) in [6, 6.07) is 13.4. The Morgan fingerprint density at radius 3 is 2.56 bits per heavy atom. The zero-order valence-corrected chi connectivity index (χ0v) is 16.8. The van der Waals surface area contributed by atoms with E-state index in [2.05, 4.69) is 15.0 Å². The highest BCUT2D eigenvalue weighted by atomic mass is 32.2. The van der Waals surface area contributed by atoms with Gasteiger partial charge in [0.1, 0.15) is 0 Å². The molecular formula is C18H17N3O3S3. The van der Waals surface area contributed by atoms with Crippen molar-refractivity contribution >= 4 is 49.8 Å². The lowest BCUT2D eigenvalue weighted by Crippen LogP contribution is -2.14. The number of nitrogens with one attached hydrogen (secondary N) is 2. The van der Waals surface area contributed by atoms with Crippen molar-refractivity contribution in [1.29, 1.82) is 0 Å². The van der Waals surface area contributed by atoms with Crippen LogP contribution in [0.3, 0.4) is 0 Å². The van der Waals surface area contributed by atoms with Crippen LogP contribution >= 0.6 is 23.1 Å². The Kier molecular flexibility index (Phi) is 6.15. The highest BCUT2D eigenvalue weighted by molar-refractivity contribution is 7.99. The summed E-state index contributed by atoms with van der Waals surface area (Å²) in [5.74, 6) is 0.631. The topological polar surface area (TPSA) is 88.2 Å². The van der Waals surface area contributed by atoms with Crippen LogP contribution in [0.4, 0.5) is 10.8 Å². The Morgan fingerprint density at radius 2 is 1.89 bits per heavy atom. The Bertz CT molecular complexity index is 1020. The molecule has 0 spiro atoms. The zero-order chi connectivity index (χ0) is 19.3. The maximum atomic E-state index is 12.5. The third kappa shape index (κ3) is 4.88. The van der Waals surface area contributed by atoms with E-state index in [1.54, 1.807) is 35.3 Å². The van der Waals surface area contributed by atoms with Gasteiger partial charge in [0, 0.05) is 22.2 Å². The van der Waals surface area contributed by atoms with Crippen LogP contribution < -0.4 is 10.0 Å². The third-order valence-electron chi connectivity index (χ3n) is 3.51. The Balaban J connectivity index is 1.73. The average molecular weight is 420 g/mol. The second-order valence-electron chi connectivity index (χ2n) is 5.35. The van der Waals surface area contributed by atoms with Gasteiger partial charge < -0.3 is 5.32 Å². The summed E-state index contributed by atoms with van der Waals surface area (Å²) in [5, 5.41) is 4.79. The predicted molar refractivity (Wildman–Crippen MR) is 110 cm³/mol. The summed E-state index contributed by atoms with van der Waals surface area (Å²) in [5.41, 5.74) is 1.11. The van der Waals surface area contributed by atoms with Gasteiger partial charge in [-0.1, -0.05) is 19.1 Å². The molecule has 0 radical (unpaired) electrons. The van der Waals surface area contributed by atoms with E-state index < -0.39 is 10.0 Å². The summed E-state index contributed by atoms with van der Waals surface area (Å²) in [7, 11) is -3.71. The molecule has 0 bridgehead atoms. The average Bonchev–Trinajstić information content (AvgIpc) is 3.15. The molecule has 1 heterocycles. The van der Waals surface area contributed by atoms with Gasteiger partial charge in [-0.3, -0.25) is 9.52 Å². The zero-order valence-electron chi connectivity index (χ0n) is 14.4. The molecule has 6 nitrogen and oxygen atoms in total. The summed E-state index contributed by atoms with van der Waals surface area (Å²) in [4.78, 5) is 17.5. The maximum absolute atomic E-state index is 12.5. The molecule has 0 atom stereocenters. The van der Waals surface area contributed by atoms with E-state index in [1.165, 1.54) is 29.7 Å². The van der Waals surface area contributed by atoms with E-state index in [9.17, 15) is 13.2 Å². The van der Waals surface area contributed by atoms with Gasteiger partial charge in [0.25, 0.3) is 15.9 Å². The van der Waals surface area contributed by atoms with Crippen molar-refractivity contribution in [2.75, 3.05) is 15.8 Å². The van der Waals surface area contributed by atoms with Crippen LogP contribution in [-0.4, -0.2) is 25.1 Å². The first kappa shape index (κ1) is 19.4. The van der Waals surface area contributed by atoms with Gasteiger partial charge >= 0.3 is 0 Å². The molecule has 140 valence electrons. The van der Waals surface area contributed by atoms with Gasteiger partial charge in [0.05, 0.1) is 10.5 Å². The number of carbonyl (C=O) groups is 1. The van der Waals surface area contributed by atoms with Crippen LogP contribution in [0.2, 0.25) is 0 Å². The molecule has 3 aromatic rings. The smallest absolute Gasteiger partial charge is 0.263 e. The van der Waals surface area contributed by atoms with Gasteiger partial charge in [0.15, 0.2) is 5.13 Å². The van der Waals surface area contributed by atoms with Gasteiger partial charge in [-0.25, -0.2) is 13.4 Å². The van der Waals surface area contributed by atoms with Crippen LogP contribution in [0.15, 0.2) is 69.9 Å². The molecule has 0 saturated heterocycles. The summed E-state index contributed by atoms with van der Waals surface area (Å²) >= 11 is 2.79. The Morgan fingerprint density at radius 1 is 1.15 bits per heavy atom. The molecule has 0 aliphatic carbocycles. The highest BCUT2D eigenvalue weighted by Crippen LogP contribution is 2.24. The Labute approximate surface area is 166 Å². The molecule has 0 saturated carbocycles. The molecule has 2 N–H and O–H groups in total. The number of thioether (sulfide) groups is 1. The Hall–Kier alpha value is -2.36. The number of anilines is 2. The minimum atomic E-state index is -3.71. The van der Waals surface area contributed by atoms with Gasteiger partial charge in [-0.15, -0.1) is 23.1 Å². The number of amides is 1. The van der Waals surface area contributed by atoms with E-state index in [0.29, 0.717) is 16.4 Å². The molecule has 0 aliphatic heterocycles. The fourth-order valence-corrected chi connectivity index (χ4v) is 4.89. The van der Waals surface area contributed by atoms with E-state index >= 15 is 0 Å². The molecule has 0 unspecified atom stereocenters. The highest BCUT2D eigenvalue weighted by Gasteiger charge is 2.16. The lowest BCUT2D eigenvalue weighted by molar-refractivity contribution is 0.102. The van der Waals surface area contributed by atoms with Gasteiger partial charge in [-0.05, 0) is 42.2 Å². The standard InChI is InChI=1S/C18H17N3O3S3/c1-2-25-16-6-4-3-5-15(16)17(22)20-13-7-9-14(10-8-13)27(23,24)21-18-19-11-12-26-18/h3-12H,2H2,1H3,(H,19,21)(H,20,22). The molecular weight excluding hydrogens is 402 g/mol. The molecule has 3 rings (SSSR count). The normalized spacial score (nSPS) is 11.1. The summed E-state index contributed by atoms with van der Waals surface area (Å²) in [6.45, 7) is 2.03. The minimum absolute atomic E-state index is 0.0950. The molecule has 9 heteroatoms. The van der Waals surface area contributed by atoms with Crippen molar-refractivity contribution in [2.45, 2.75) is 16.7 Å². The number of carbonyl (C=O) groups excluding carboxylic acids is 1. The first-order valence-corrected chi connectivity index (χ1v) is 11.4. The van der Waals surface area contributed by atoms with Crippen LogP contribution in [0, 0.1) is 0 Å². The second-order valence-corrected chi connectivity index (χ2v) is 9.23. The SMILES string of the molecule is CCSc1ccccc1C(=O)Nc1ccc(S(=O)(=O)Nc2nccs2)cc1. The van der Waals surface area contributed by atoms with Gasteiger partial charge in [0.2, 0.25) is 0 Å². The third-order valence-corrected chi connectivity index (χ3v) is 6.64. The van der Waals surface area contributed by atoms with Crippen LogP contribution in [0.1, 0.15) is 17.3 Å². The summed E-state index contributed by atoms with van der Waals surface area (Å²) in [6.07, 6.45) is 1.52. The molecule has 27 heavy (non-hydrogen) atoms. The molecule has 1 aromatic heterocycles. The monoisotopic (exact) mass is 419 g/mol.